The fourth-order valence-corrected chi connectivity index (χ4v) is 4.64. The van der Waals surface area contributed by atoms with Gasteiger partial charge in [-0.15, -0.1) is 0 Å². The van der Waals surface area contributed by atoms with Gasteiger partial charge in [0.15, 0.2) is 0 Å². The number of hydrogen-bond donors (Lipinski definition) is 2. The van der Waals surface area contributed by atoms with Gasteiger partial charge in [0.2, 0.25) is 5.95 Å². The quantitative estimate of drug-likeness (QED) is 0.571. The second kappa shape index (κ2) is 9.47. The minimum absolute atomic E-state index is 0.111. The molecule has 0 bridgehead atoms. The number of nitrogens with one attached hydrogen (secondary N) is 1. The van der Waals surface area contributed by atoms with E-state index in [1.807, 2.05) is 36.4 Å². The van der Waals surface area contributed by atoms with Crippen LogP contribution < -0.4 is 5.32 Å². The first kappa shape index (κ1) is 21.8. The number of benzene rings is 2. The zero-order valence-corrected chi connectivity index (χ0v) is 18.8. The van der Waals surface area contributed by atoms with Gasteiger partial charge in [-0.25, -0.2) is 9.97 Å². The summed E-state index contributed by atoms with van der Waals surface area (Å²) in [4.78, 5) is 24.0. The van der Waals surface area contributed by atoms with E-state index in [9.17, 15) is 9.90 Å². The summed E-state index contributed by atoms with van der Waals surface area (Å²) < 4.78 is 5.41. The van der Waals surface area contributed by atoms with Crippen molar-refractivity contribution in [2.24, 2.45) is 0 Å². The Bertz CT molecular complexity index is 1170. The molecule has 8 heteroatoms. The number of amides is 1. The molecule has 33 heavy (non-hydrogen) atoms. The molecule has 1 unspecified atom stereocenters. The SMILES string of the molecule is O=C1c2cc(-c3ccnc(NC4CCOCC4)n3)ccc2CN1C(CO)c1cccc(Cl)c1. The van der Waals surface area contributed by atoms with Gasteiger partial charge in [0.1, 0.15) is 0 Å². The molecule has 1 amide bonds. The van der Waals surface area contributed by atoms with Crippen molar-refractivity contribution in [2.45, 2.75) is 31.5 Å². The molecule has 7 nitrogen and oxygen atoms in total. The summed E-state index contributed by atoms with van der Waals surface area (Å²) in [5, 5.41) is 14.0. The van der Waals surface area contributed by atoms with Crippen molar-refractivity contribution in [2.75, 3.05) is 25.1 Å². The molecule has 0 aliphatic carbocycles. The third kappa shape index (κ3) is 4.57. The topological polar surface area (TPSA) is 87.6 Å². The van der Waals surface area contributed by atoms with Gasteiger partial charge in [0, 0.05) is 48.1 Å². The third-order valence-corrected chi connectivity index (χ3v) is 6.47. The molecule has 0 radical (unpaired) electrons. The summed E-state index contributed by atoms with van der Waals surface area (Å²) in [5.41, 5.74) is 3.97. The maximum absolute atomic E-state index is 13.3. The van der Waals surface area contributed by atoms with E-state index >= 15 is 0 Å². The van der Waals surface area contributed by atoms with Crippen molar-refractivity contribution in [1.29, 1.82) is 0 Å². The lowest BCUT2D eigenvalue weighted by molar-refractivity contribution is 0.0615. The smallest absolute Gasteiger partial charge is 0.255 e. The van der Waals surface area contributed by atoms with Crippen molar-refractivity contribution >= 4 is 23.5 Å². The molecule has 1 aromatic heterocycles. The zero-order valence-electron chi connectivity index (χ0n) is 18.1. The van der Waals surface area contributed by atoms with Crippen LogP contribution in [0.1, 0.15) is 40.4 Å². The summed E-state index contributed by atoms with van der Waals surface area (Å²) in [5.74, 6) is 0.467. The van der Waals surface area contributed by atoms with Gasteiger partial charge < -0.3 is 20.1 Å². The Morgan fingerprint density at radius 2 is 2.03 bits per heavy atom. The predicted octanol–water partition coefficient (Wildman–Crippen LogP) is 4.08. The van der Waals surface area contributed by atoms with E-state index in [0.29, 0.717) is 29.1 Å². The number of carbonyl (C=O) groups excluding carboxylic acids is 1. The molecule has 5 rings (SSSR count). The van der Waals surface area contributed by atoms with Crippen LogP contribution in [-0.4, -0.2) is 51.7 Å². The lowest BCUT2D eigenvalue weighted by Gasteiger charge is -2.26. The van der Waals surface area contributed by atoms with Gasteiger partial charge in [0.25, 0.3) is 5.91 Å². The average Bonchev–Trinajstić information content (AvgIpc) is 3.16. The van der Waals surface area contributed by atoms with Gasteiger partial charge in [0.05, 0.1) is 18.3 Å². The van der Waals surface area contributed by atoms with Gasteiger partial charge in [-0.05, 0) is 48.2 Å². The molecule has 1 saturated heterocycles. The van der Waals surface area contributed by atoms with Crippen molar-refractivity contribution in [3.05, 3.63) is 76.4 Å². The van der Waals surface area contributed by atoms with Gasteiger partial charge >= 0.3 is 0 Å². The first-order valence-corrected chi connectivity index (χ1v) is 11.5. The van der Waals surface area contributed by atoms with E-state index in [4.69, 9.17) is 16.3 Å². The van der Waals surface area contributed by atoms with E-state index in [1.54, 1.807) is 23.2 Å². The lowest BCUT2D eigenvalue weighted by Crippen LogP contribution is -2.31. The van der Waals surface area contributed by atoms with Crippen molar-refractivity contribution in [3.63, 3.8) is 0 Å². The van der Waals surface area contributed by atoms with Gasteiger partial charge in [-0.3, -0.25) is 4.79 Å². The van der Waals surface area contributed by atoms with Crippen LogP contribution in [0.15, 0.2) is 54.7 Å². The number of aliphatic hydroxyl groups excluding tert-OH is 1. The van der Waals surface area contributed by atoms with Gasteiger partial charge in [-0.2, -0.15) is 0 Å². The molecule has 2 aliphatic heterocycles. The summed E-state index contributed by atoms with van der Waals surface area (Å²) in [6.45, 7) is 1.74. The number of nitrogens with zero attached hydrogens (tertiary/aromatic N) is 3. The number of hydrogen-bond acceptors (Lipinski definition) is 6. The Morgan fingerprint density at radius 3 is 2.82 bits per heavy atom. The normalized spacial score (nSPS) is 17.2. The second-order valence-electron chi connectivity index (χ2n) is 8.35. The largest absolute Gasteiger partial charge is 0.394 e. The molecular formula is C25H25ClN4O3. The Balaban J connectivity index is 1.38. The van der Waals surface area contributed by atoms with Crippen LogP contribution in [0.2, 0.25) is 5.02 Å². The van der Waals surface area contributed by atoms with E-state index < -0.39 is 6.04 Å². The maximum Gasteiger partial charge on any atom is 0.255 e. The Morgan fingerprint density at radius 1 is 1.18 bits per heavy atom. The third-order valence-electron chi connectivity index (χ3n) is 6.23. The molecule has 1 atom stereocenters. The molecule has 2 aliphatic rings. The number of rotatable bonds is 6. The highest BCUT2D eigenvalue weighted by molar-refractivity contribution is 6.30. The molecule has 3 aromatic rings. The van der Waals surface area contributed by atoms with Crippen LogP contribution in [0.5, 0.6) is 0 Å². The summed E-state index contributed by atoms with van der Waals surface area (Å²) in [7, 11) is 0. The number of anilines is 1. The van der Waals surface area contributed by atoms with Gasteiger partial charge in [-0.1, -0.05) is 35.9 Å². The van der Waals surface area contributed by atoms with Crippen LogP contribution >= 0.6 is 11.6 Å². The van der Waals surface area contributed by atoms with E-state index in [2.05, 4.69) is 15.3 Å². The summed E-state index contributed by atoms with van der Waals surface area (Å²) >= 11 is 6.13. The Labute approximate surface area is 197 Å². The standard InChI is InChI=1S/C25H25ClN4O3/c26-19-3-1-2-17(12-19)23(15-31)30-14-18-5-4-16(13-21(18)24(30)32)22-6-9-27-25(29-22)28-20-7-10-33-11-8-20/h1-6,9,12-13,20,23,31H,7-8,10-11,14-15H2,(H,27,28,29). The molecule has 3 heterocycles. The monoisotopic (exact) mass is 464 g/mol. The van der Waals surface area contributed by atoms with Crippen LogP contribution in [-0.2, 0) is 11.3 Å². The first-order chi connectivity index (χ1) is 16.1. The van der Waals surface area contributed by atoms with E-state index in [-0.39, 0.29) is 12.5 Å². The first-order valence-electron chi connectivity index (χ1n) is 11.1. The van der Waals surface area contributed by atoms with E-state index in [1.165, 1.54) is 0 Å². The van der Waals surface area contributed by atoms with Crippen molar-refractivity contribution < 1.29 is 14.6 Å². The Kier molecular flexibility index (Phi) is 6.26. The highest BCUT2D eigenvalue weighted by Gasteiger charge is 2.33. The molecule has 2 aromatic carbocycles. The van der Waals surface area contributed by atoms with Crippen molar-refractivity contribution in [3.8, 4) is 11.3 Å². The maximum atomic E-state index is 13.3. The fourth-order valence-electron chi connectivity index (χ4n) is 4.45. The number of aliphatic hydroxyl groups is 1. The highest BCUT2D eigenvalue weighted by atomic mass is 35.5. The molecule has 2 N–H and O–H groups in total. The highest BCUT2D eigenvalue weighted by Crippen LogP contribution is 2.34. The second-order valence-corrected chi connectivity index (χ2v) is 8.79. The number of aromatic nitrogens is 2. The molecule has 170 valence electrons. The molecule has 0 saturated carbocycles. The number of carbonyl (C=O) groups is 1. The minimum Gasteiger partial charge on any atom is -0.394 e. The number of ether oxygens (including phenoxy) is 1. The van der Waals surface area contributed by atoms with Crippen LogP contribution in [0.4, 0.5) is 5.95 Å². The van der Waals surface area contributed by atoms with Crippen molar-refractivity contribution in [1.82, 2.24) is 14.9 Å². The average molecular weight is 465 g/mol. The number of fused-ring (bicyclic) bond motifs is 1. The molecule has 0 spiro atoms. The summed E-state index contributed by atoms with van der Waals surface area (Å²) in [6, 6.07) is 14.8. The Hall–Kier alpha value is -3.00. The summed E-state index contributed by atoms with van der Waals surface area (Å²) in [6.07, 6.45) is 3.58. The minimum atomic E-state index is -0.457. The molecule has 1 fully saturated rings. The van der Waals surface area contributed by atoms with Crippen LogP contribution in [0.3, 0.4) is 0 Å². The fraction of sp³-hybridized carbons (Fsp3) is 0.320. The van der Waals surface area contributed by atoms with Crippen LogP contribution in [0, 0.1) is 0 Å². The zero-order chi connectivity index (χ0) is 22.8. The lowest BCUT2D eigenvalue weighted by atomic mass is 10.0. The predicted molar refractivity (Wildman–Crippen MR) is 126 cm³/mol. The molecular weight excluding hydrogens is 440 g/mol. The van der Waals surface area contributed by atoms with E-state index in [0.717, 1.165) is 48.4 Å². The van der Waals surface area contributed by atoms with Crippen LogP contribution in [0.25, 0.3) is 11.3 Å². The number of halogens is 1.